The molecule has 1 aliphatic carbocycles. The molecule has 4 aromatic rings. The van der Waals surface area contributed by atoms with Gasteiger partial charge < -0.3 is 9.47 Å². The third-order valence-corrected chi connectivity index (χ3v) is 10.7. The molecule has 0 aromatic heterocycles. The Bertz CT molecular complexity index is 1600. The fourth-order valence-electron chi connectivity index (χ4n) is 5.42. The van der Waals surface area contributed by atoms with Crippen LogP contribution in [-0.4, -0.2) is 14.0 Å². The van der Waals surface area contributed by atoms with Crippen LogP contribution in [0.5, 0.6) is 17.2 Å². The van der Waals surface area contributed by atoms with Gasteiger partial charge in [0.15, 0.2) is 0 Å². The Kier molecular flexibility index (Phi) is 8.02. The molecule has 4 nitrogen and oxygen atoms in total. The van der Waals surface area contributed by atoms with Crippen LogP contribution >= 0.6 is 0 Å². The summed E-state index contributed by atoms with van der Waals surface area (Å²) in [6.07, 6.45) is 4.60. The van der Waals surface area contributed by atoms with Gasteiger partial charge in [-0.25, -0.2) is 8.42 Å². The van der Waals surface area contributed by atoms with Crippen LogP contribution in [0.15, 0.2) is 101 Å². The zero-order valence-corrected chi connectivity index (χ0v) is 25.6. The summed E-state index contributed by atoms with van der Waals surface area (Å²) in [5.41, 5.74) is 4.62. The van der Waals surface area contributed by atoms with Gasteiger partial charge in [-0.3, -0.25) is 0 Å². The number of ether oxygens (including phenoxy) is 2. The normalized spacial score (nSPS) is 16.5. The van der Waals surface area contributed by atoms with Gasteiger partial charge in [-0.1, -0.05) is 58.0 Å². The summed E-state index contributed by atoms with van der Waals surface area (Å²) in [6.45, 7) is 10.8. The molecule has 0 bridgehead atoms. The Morgan fingerprint density at radius 2 is 1.24 bits per heavy atom. The monoisotopic (exact) mass is 568 g/mol. The minimum atomic E-state index is -3.55. The highest BCUT2D eigenvalue weighted by Gasteiger charge is 2.37. The second kappa shape index (κ2) is 11.4. The predicted molar refractivity (Wildman–Crippen MR) is 165 cm³/mol. The highest BCUT2D eigenvalue weighted by atomic mass is 32.2. The fourth-order valence-corrected chi connectivity index (χ4v) is 6.73. The summed E-state index contributed by atoms with van der Waals surface area (Å²) in [4.78, 5) is 0.702. The Morgan fingerprint density at radius 3 is 1.78 bits per heavy atom. The van der Waals surface area contributed by atoms with Crippen molar-refractivity contribution in [3.8, 4) is 17.2 Å². The van der Waals surface area contributed by atoms with Crippen molar-refractivity contribution in [3.63, 3.8) is 0 Å². The fraction of sp³-hybridized carbons (Fsp3) is 0.333. The molecular formula is C36H40O4S. The standard InChI is InChI=1S/C36H40O4S/c1-6-35(4)25-28-24-33(21-22-34(28)35)41(37,38)32-19-11-27(12-20-32)23-26-9-13-29(14-10-26)39-30-15-17-31(18-16-30)40-36(5,7-2)8-3/h9-22,24H,6-8,23,25H2,1-5H3. The Labute approximate surface area is 245 Å². The van der Waals surface area contributed by atoms with Crippen LogP contribution in [0.2, 0.25) is 0 Å². The lowest BCUT2D eigenvalue weighted by Gasteiger charge is -2.41. The van der Waals surface area contributed by atoms with Crippen molar-refractivity contribution in [1.29, 1.82) is 0 Å². The minimum absolute atomic E-state index is 0.160. The Balaban J connectivity index is 1.20. The van der Waals surface area contributed by atoms with E-state index in [1.807, 2.05) is 72.8 Å². The molecular weight excluding hydrogens is 528 g/mol. The summed E-state index contributed by atoms with van der Waals surface area (Å²) in [6, 6.07) is 28.6. The van der Waals surface area contributed by atoms with E-state index in [2.05, 4.69) is 34.6 Å². The highest BCUT2D eigenvalue weighted by molar-refractivity contribution is 7.91. The van der Waals surface area contributed by atoms with E-state index in [4.69, 9.17) is 9.47 Å². The molecule has 0 amide bonds. The summed E-state index contributed by atoms with van der Waals surface area (Å²) < 4.78 is 38.8. The largest absolute Gasteiger partial charge is 0.488 e. The van der Waals surface area contributed by atoms with E-state index in [9.17, 15) is 8.42 Å². The van der Waals surface area contributed by atoms with E-state index in [-0.39, 0.29) is 11.0 Å². The average molecular weight is 569 g/mol. The van der Waals surface area contributed by atoms with Gasteiger partial charge in [-0.15, -0.1) is 0 Å². The molecule has 0 spiro atoms. The maximum Gasteiger partial charge on any atom is 0.206 e. The Morgan fingerprint density at radius 1 is 0.732 bits per heavy atom. The van der Waals surface area contributed by atoms with Crippen molar-refractivity contribution in [2.45, 2.75) is 87.5 Å². The van der Waals surface area contributed by atoms with Crippen LogP contribution in [0.25, 0.3) is 0 Å². The Hall–Kier alpha value is -3.57. The van der Waals surface area contributed by atoms with Gasteiger partial charge in [0.2, 0.25) is 9.84 Å². The van der Waals surface area contributed by atoms with E-state index in [1.165, 1.54) is 5.56 Å². The van der Waals surface area contributed by atoms with E-state index in [0.29, 0.717) is 16.2 Å². The molecule has 1 unspecified atom stereocenters. The first-order valence-electron chi connectivity index (χ1n) is 14.6. The molecule has 5 rings (SSSR count). The molecule has 0 heterocycles. The third-order valence-electron chi connectivity index (χ3n) is 8.88. The van der Waals surface area contributed by atoms with Crippen LogP contribution in [0.1, 0.15) is 76.1 Å². The van der Waals surface area contributed by atoms with Crippen LogP contribution < -0.4 is 9.47 Å². The van der Waals surface area contributed by atoms with Crippen molar-refractivity contribution >= 4 is 9.84 Å². The third kappa shape index (κ3) is 6.06. The van der Waals surface area contributed by atoms with Crippen LogP contribution in [-0.2, 0) is 28.1 Å². The van der Waals surface area contributed by atoms with Crippen molar-refractivity contribution < 1.29 is 17.9 Å². The van der Waals surface area contributed by atoms with Gasteiger partial charge in [0.05, 0.1) is 9.79 Å². The van der Waals surface area contributed by atoms with Crippen LogP contribution in [0, 0.1) is 0 Å². The van der Waals surface area contributed by atoms with Gasteiger partial charge >= 0.3 is 0 Å². The molecule has 1 atom stereocenters. The van der Waals surface area contributed by atoms with E-state index in [0.717, 1.165) is 59.6 Å². The molecule has 0 saturated heterocycles. The average Bonchev–Trinajstić information content (AvgIpc) is 2.98. The first-order valence-corrected chi connectivity index (χ1v) is 16.1. The lowest BCUT2D eigenvalue weighted by molar-refractivity contribution is 0.0802. The molecule has 0 aliphatic heterocycles. The molecule has 1 aliphatic rings. The molecule has 5 heteroatoms. The predicted octanol–water partition coefficient (Wildman–Crippen LogP) is 9.08. The maximum absolute atomic E-state index is 13.3. The zero-order chi connectivity index (χ0) is 29.3. The number of rotatable bonds is 11. The van der Waals surface area contributed by atoms with Crippen molar-refractivity contribution in [1.82, 2.24) is 0 Å². The van der Waals surface area contributed by atoms with Crippen LogP contribution in [0.3, 0.4) is 0 Å². The van der Waals surface area contributed by atoms with Crippen molar-refractivity contribution in [2.75, 3.05) is 0 Å². The van der Waals surface area contributed by atoms with Gasteiger partial charge in [-0.2, -0.15) is 0 Å². The number of hydrogen-bond acceptors (Lipinski definition) is 4. The first-order chi connectivity index (χ1) is 19.6. The minimum Gasteiger partial charge on any atom is -0.488 e. The number of sulfone groups is 1. The number of benzene rings is 4. The first kappa shape index (κ1) is 28.9. The van der Waals surface area contributed by atoms with E-state index < -0.39 is 9.84 Å². The highest BCUT2D eigenvalue weighted by Crippen LogP contribution is 2.44. The molecule has 0 fully saturated rings. The summed E-state index contributed by atoms with van der Waals surface area (Å²) in [5, 5.41) is 0. The summed E-state index contributed by atoms with van der Waals surface area (Å²) in [7, 11) is -3.55. The quantitative estimate of drug-likeness (QED) is 0.181. The second-order valence-corrected chi connectivity index (χ2v) is 13.7. The molecule has 0 radical (unpaired) electrons. The maximum atomic E-state index is 13.3. The van der Waals surface area contributed by atoms with Gasteiger partial charge in [0.25, 0.3) is 0 Å². The van der Waals surface area contributed by atoms with Gasteiger partial charge in [0.1, 0.15) is 22.8 Å². The van der Waals surface area contributed by atoms with E-state index in [1.54, 1.807) is 18.2 Å². The lowest BCUT2D eigenvalue weighted by Crippen LogP contribution is -2.35. The van der Waals surface area contributed by atoms with Crippen LogP contribution in [0.4, 0.5) is 0 Å². The zero-order valence-electron chi connectivity index (χ0n) is 24.7. The van der Waals surface area contributed by atoms with Gasteiger partial charge in [0, 0.05) is 0 Å². The molecule has 0 saturated carbocycles. The number of fused-ring (bicyclic) bond motifs is 1. The second-order valence-electron chi connectivity index (χ2n) is 11.7. The molecule has 41 heavy (non-hydrogen) atoms. The van der Waals surface area contributed by atoms with E-state index >= 15 is 0 Å². The molecule has 214 valence electrons. The number of hydrogen-bond donors (Lipinski definition) is 0. The lowest BCUT2D eigenvalue weighted by atomic mass is 9.64. The van der Waals surface area contributed by atoms with Crippen molar-refractivity contribution in [3.05, 3.63) is 113 Å². The molecule has 0 N–H and O–H groups in total. The smallest absolute Gasteiger partial charge is 0.206 e. The summed E-state index contributed by atoms with van der Waals surface area (Å²) >= 11 is 0. The van der Waals surface area contributed by atoms with Crippen molar-refractivity contribution in [2.24, 2.45) is 0 Å². The molecule has 4 aromatic carbocycles. The summed E-state index contributed by atoms with van der Waals surface area (Å²) in [5.74, 6) is 2.35. The SMILES string of the molecule is CCC(C)(CC)Oc1ccc(Oc2ccc(Cc3ccc(S(=O)(=O)c4ccc5c(c4)CC5(C)CC)cc3)cc2)cc1. The topological polar surface area (TPSA) is 52.6 Å². The van der Waals surface area contributed by atoms with Gasteiger partial charge in [-0.05, 0) is 127 Å².